The van der Waals surface area contributed by atoms with Gasteiger partial charge in [0.15, 0.2) is 6.17 Å². The van der Waals surface area contributed by atoms with E-state index in [2.05, 4.69) is 21.3 Å². The van der Waals surface area contributed by atoms with Crippen molar-refractivity contribution in [2.45, 2.75) is 86.5 Å². The summed E-state index contributed by atoms with van der Waals surface area (Å²) in [4.78, 5) is 91.6. The van der Waals surface area contributed by atoms with Crippen molar-refractivity contribution in [3.05, 3.63) is 33.9 Å². The number of amides is 4. The molecule has 4 aliphatic rings. The molecule has 1 aromatic rings. The molecule has 0 bridgehead atoms. The molecule has 28 heteroatoms. The molecule has 27 nitrogen and oxygen atoms in total. The number of hydrogen-bond donors (Lipinski definition) is 11. The highest BCUT2D eigenvalue weighted by Crippen LogP contribution is 2.33. The van der Waals surface area contributed by atoms with Crippen LogP contribution in [0, 0.1) is 10.1 Å². The number of aliphatic hydroxyl groups excluding tert-OH is 4. The number of nitrogens with one attached hydrogen (secondary N) is 4. The van der Waals surface area contributed by atoms with Gasteiger partial charge in [-0.1, -0.05) is 6.42 Å². The van der Waals surface area contributed by atoms with Gasteiger partial charge in [-0.05, 0) is 25.0 Å². The van der Waals surface area contributed by atoms with Gasteiger partial charge in [-0.3, -0.25) is 44.1 Å². The quantitative estimate of drug-likeness (QED) is 0.0248. The largest absolute Gasteiger partial charge is 0.480 e. The first-order valence-electron chi connectivity index (χ1n) is 22.1. The van der Waals surface area contributed by atoms with E-state index in [0.29, 0.717) is 12.8 Å². The van der Waals surface area contributed by atoms with E-state index >= 15 is 0 Å². The Kier molecular flexibility index (Phi) is 20.6. The zero-order chi connectivity index (χ0) is 49.5. The topological polar surface area (TPSA) is 376 Å². The third kappa shape index (κ3) is 16.0. The molecule has 68 heavy (non-hydrogen) atoms. The van der Waals surface area contributed by atoms with Gasteiger partial charge in [0.2, 0.25) is 12.2 Å². The Labute approximate surface area is 394 Å². The van der Waals surface area contributed by atoms with E-state index < -0.39 is 104 Å². The zero-order valence-corrected chi connectivity index (χ0v) is 37.9. The van der Waals surface area contributed by atoms with E-state index in [1.54, 1.807) is 21.6 Å². The van der Waals surface area contributed by atoms with Gasteiger partial charge in [0, 0.05) is 82.9 Å². The Bertz CT molecular complexity index is 1890. The number of hydrogen-bond acceptors (Lipinski definition) is 20. The van der Waals surface area contributed by atoms with E-state index in [1.165, 1.54) is 17.0 Å². The first kappa shape index (κ1) is 53.8. The molecule has 1 aromatic carbocycles. The molecule has 0 radical (unpaired) electrons. The molecule has 9 atom stereocenters. The van der Waals surface area contributed by atoms with Crippen molar-refractivity contribution in [3.8, 4) is 5.75 Å². The number of aliphatic carboxylic acids is 3. The number of thioether (sulfide) groups is 1. The minimum atomic E-state index is -1.76. The molecule has 380 valence electrons. The summed E-state index contributed by atoms with van der Waals surface area (Å²) in [6.07, 6.45) is -8.47. The third-order valence-corrected chi connectivity index (χ3v) is 13.5. The second-order valence-electron chi connectivity index (χ2n) is 16.8. The number of carboxylic acid groups (broad SMARTS) is 3. The maximum atomic E-state index is 13.1. The lowest BCUT2D eigenvalue weighted by molar-refractivity contribution is -0.386. The van der Waals surface area contributed by atoms with Crippen molar-refractivity contribution in [2.75, 3.05) is 90.9 Å². The van der Waals surface area contributed by atoms with Crippen molar-refractivity contribution in [1.82, 2.24) is 40.9 Å². The van der Waals surface area contributed by atoms with E-state index in [4.69, 9.17) is 14.2 Å². The van der Waals surface area contributed by atoms with Crippen LogP contribution in [0.3, 0.4) is 0 Å². The lowest BCUT2D eigenvalue weighted by Gasteiger charge is -2.39. The fraction of sp³-hybridized carbons (Fsp3) is 0.700. The van der Waals surface area contributed by atoms with E-state index in [1.807, 2.05) is 4.90 Å². The van der Waals surface area contributed by atoms with Gasteiger partial charge in [0.1, 0.15) is 36.8 Å². The lowest BCUT2D eigenvalue weighted by atomic mass is 9.99. The monoisotopic (exact) mass is 987 g/mol. The molecule has 4 heterocycles. The third-order valence-electron chi connectivity index (χ3n) is 12.0. The molecule has 4 aliphatic heterocycles. The fourth-order valence-electron chi connectivity index (χ4n) is 8.26. The number of nitro groups is 1. The standard InChI is InChI=1S/C40H61N9O18S/c50-20-27-33(56)34(57)35(58)38(67-27)66-24-6-5-23(26(17-24)49(63)64)21-65-40(62)41-7-8-45-9-11-46(18-30(52)53)13-15-48(16-14-47(12-10-45)19-31(54)55)36(37(59)60)43-29(51)4-2-1-3-28-32-25(22-68-28)42-39(61)44-32/h5-6,17,25,27-28,32-36,38,50,56-58H,1-4,7-16,18-22H2,(H,41,62)(H,43,51)(H,52,53)(H,54,55)(H,59,60)(H2,42,44,61). The summed E-state index contributed by atoms with van der Waals surface area (Å²) >= 11 is 1.75. The number of carboxylic acids is 3. The van der Waals surface area contributed by atoms with Gasteiger partial charge in [0.05, 0.1) is 48.3 Å². The molecule has 4 amide bonds. The number of nitrogens with zero attached hydrogens (tertiary/aromatic N) is 5. The molecule has 0 saturated carbocycles. The highest BCUT2D eigenvalue weighted by Gasteiger charge is 2.45. The lowest BCUT2D eigenvalue weighted by Crippen LogP contribution is -2.60. The predicted molar refractivity (Wildman–Crippen MR) is 235 cm³/mol. The number of aliphatic hydroxyl groups is 4. The average molecular weight is 988 g/mol. The van der Waals surface area contributed by atoms with Crippen LogP contribution < -0.4 is 26.0 Å². The van der Waals surface area contributed by atoms with Gasteiger partial charge >= 0.3 is 30.0 Å². The van der Waals surface area contributed by atoms with Gasteiger partial charge in [-0.2, -0.15) is 11.8 Å². The van der Waals surface area contributed by atoms with Crippen LogP contribution in [-0.2, 0) is 35.3 Å². The molecule has 4 saturated heterocycles. The maximum absolute atomic E-state index is 13.1. The highest BCUT2D eigenvalue weighted by molar-refractivity contribution is 8.00. The number of urea groups is 1. The summed E-state index contributed by atoms with van der Waals surface area (Å²) in [5, 5.41) is 92.5. The van der Waals surface area contributed by atoms with Crippen molar-refractivity contribution in [1.29, 1.82) is 0 Å². The number of carbonyl (C=O) groups excluding carboxylic acids is 3. The van der Waals surface area contributed by atoms with Gasteiger partial charge < -0.3 is 71.2 Å². The molecular formula is C40H61N9O18S. The smallest absolute Gasteiger partial charge is 0.407 e. The van der Waals surface area contributed by atoms with Crippen LogP contribution in [0.25, 0.3) is 0 Å². The van der Waals surface area contributed by atoms with Crippen molar-refractivity contribution in [2.24, 2.45) is 0 Å². The summed E-state index contributed by atoms with van der Waals surface area (Å²) < 4.78 is 16.0. The first-order valence-corrected chi connectivity index (χ1v) is 23.2. The van der Waals surface area contributed by atoms with Gasteiger partial charge in [-0.15, -0.1) is 0 Å². The number of unbranched alkanes of at least 4 members (excludes halogenated alkanes) is 1. The van der Waals surface area contributed by atoms with Crippen molar-refractivity contribution < 1.29 is 83.6 Å². The number of carbonyl (C=O) groups is 6. The summed E-state index contributed by atoms with van der Waals surface area (Å²) in [5.74, 6) is -3.48. The molecule has 11 N–H and O–H groups in total. The molecule has 0 aliphatic carbocycles. The summed E-state index contributed by atoms with van der Waals surface area (Å²) in [7, 11) is 0. The minimum absolute atomic E-state index is 0.00530. The average Bonchev–Trinajstić information content (AvgIpc) is 3.84. The maximum Gasteiger partial charge on any atom is 0.407 e. The van der Waals surface area contributed by atoms with E-state index in [-0.39, 0.29) is 107 Å². The number of ether oxygens (including phenoxy) is 3. The Balaban J connectivity index is 1.13. The van der Waals surface area contributed by atoms with Crippen LogP contribution in [0.15, 0.2) is 18.2 Å². The second-order valence-corrected chi connectivity index (χ2v) is 18.0. The molecule has 4 fully saturated rings. The number of fused-ring (bicyclic) bond motifs is 1. The van der Waals surface area contributed by atoms with Crippen molar-refractivity contribution >= 4 is 53.4 Å². The second kappa shape index (κ2) is 26.0. The van der Waals surface area contributed by atoms with Crippen LogP contribution in [-0.4, -0.2) is 241 Å². The van der Waals surface area contributed by atoms with E-state index in [9.17, 15) is 74.6 Å². The Hall–Kier alpha value is -5.17. The summed E-state index contributed by atoms with van der Waals surface area (Å²) in [6, 6.07) is 3.37. The Morgan fingerprint density at radius 2 is 1.54 bits per heavy atom. The normalized spacial score (nSPS) is 27.0. The van der Waals surface area contributed by atoms with Crippen LogP contribution in [0.5, 0.6) is 5.75 Å². The SMILES string of the molecule is O=C(O)CN1CCN(CCNC(=O)OCc2ccc(OC3OC(CO)C(O)C(O)C3O)cc2[N+](=O)[O-])CCN(CC(=O)O)CCN(C(NC(=O)CCCCC2SCC3NC(=O)NC32)C(=O)O)CC1. The van der Waals surface area contributed by atoms with Crippen LogP contribution >= 0.6 is 11.8 Å². The number of nitro benzene ring substituents is 1. The number of alkyl carbamates (subject to hydrolysis) is 1. The molecule has 5 rings (SSSR count). The van der Waals surface area contributed by atoms with Crippen LogP contribution in [0.1, 0.15) is 31.2 Å². The fourth-order valence-corrected chi connectivity index (χ4v) is 9.80. The Morgan fingerprint density at radius 1 is 0.897 bits per heavy atom. The van der Waals surface area contributed by atoms with Crippen molar-refractivity contribution in [3.63, 3.8) is 0 Å². The molecular weight excluding hydrogens is 927 g/mol. The van der Waals surface area contributed by atoms with Gasteiger partial charge in [0.25, 0.3) is 5.69 Å². The summed E-state index contributed by atoms with van der Waals surface area (Å²) in [5.41, 5.74) is -0.563. The molecule has 0 spiro atoms. The van der Waals surface area contributed by atoms with E-state index in [0.717, 1.165) is 18.2 Å². The Morgan fingerprint density at radius 3 is 2.16 bits per heavy atom. The zero-order valence-electron chi connectivity index (χ0n) is 37.1. The minimum Gasteiger partial charge on any atom is -0.480 e. The molecule has 0 aromatic heterocycles. The predicted octanol–water partition coefficient (Wildman–Crippen LogP) is -3.36. The van der Waals surface area contributed by atoms with Crippen LogP contribution in [0.4, 0.5) is 15.3 Å². The number of benzene rings is 1. The first-order chi connectivity index (χ1) is 32.4. The van der Waals surface area contributed by atoms with Crippen LogP contribution in [0.2, 0.25) is 0 Å². The summed E-state index contributed by atoms with van der Waals surface area (Å²) in [6.45, 7) is -0.869. The number of rotatable bonds is 21. The van der Waals surface area contributed by atoms with Gasteiger partial charge in [-0.25, -0.2) is 14.4 Å². The molecule has 9 unspecified atom stereocenters. The highest BCUT2D eigenvalue weighted by atomic mass is 32.2.